The van der Waals surface area contributed by atoms with Crippen LogP contribution in [0, 0.1) is 11.3 Å². The lowest BCUT2D eigenvalue weighted by Gasteiger charge is -2.20. The first-order valence-electron chi connectivity index (χ1n) is 3.53. The van der Waals surface area contributed by atoms with E-state index in [2.05, 4.69) is 5.32 Å². The van der Waals surface area contributed by atoms with Gasteiger partial charge < -0.3 is 9.47 Å². The average molecular weight is 166 g/mol. The summed E-state index contributed by atoms with van der Waals surface area (Å²) in [5.74, 6) is 0.238. The number of nitrogens with one attached hydrogen (secondary N) is 1. The monoisotopic (exact) mass is 166 g/mol. The van der Waals surface area contributed by atoms with Crippen LogP contribution in [0.4, 0.5) is 4.79 Å². The van der Waals surface area contributed by atoms with E-state index in [1.807, 2.05) is 6.07 Å². The van der Waals surface area contributed by atoms with Gasteiger partial charge >= 0.3 is 6.09 Å². The second-order valence-electron chi connectivity index (χ2n) is 2.54. The first-order valence-corrected chi connectivity index (χ1v) is 3.53. The van der Waals surface area contributed by atoms with Crippen molar-refractivity contribution in [3.63, 3.8) is 0 Å². The average Bonchev–Trinajstić information content (AvgIpc) is 2.43. The Morgan fingerprint density at radius 2 is 2.50 bits per heavy atom. The van der Waals surface area contributed by atoms with Crippen molar-refractivity contribution in [2.45, 2.75) is 18.8 Å². The second kappa shape index (κ2) is 2.41. The molecule has 0 spiro atoms. The minimum absolute atomic E-state index is 0.238. The molecule has 2 aliphatic heterocycles. The fourth-order valence-electron chi connectivity index (χ4n) is 1.20. The van der Waals surface area contributed by atoms with Crippen LogP contribution in [0.15, 0.2) is 11.8 Å². The van der Waals surface area contributed by atoms with Gasteiger partial charge in [-0.05, 0) is 6.08 Å². The lowest BCUT2D eigenvalue weighted by atomic mass is 10.2. The molecular formula is C7H6N2O3. The van der Waals surface area contributed by atoms with E-state index in [1.165, 1.54) is 0 Å². The Hall–Kier alpha value is -1.70. The summed E-state index contributed by atoms with van der Waals surface area (Å²) in [4.78, 5) is 10.7. The highest BCUT2D eigenvalue weighted by molar-refractivity contribution is 5.70. The van der Waals surface area contributed by atoms with Crippen LogP contribution in [0.3, 0.4) is 0 Å². The molecule has 0 bridgehead atoms. The lowest BCUT2D eigenvalue weighted by Crippen LogP contribution is -2.35. The topological polar surface area (TPSA) is 71.3 Å². The van der Waals surface area contributed by atoms with Gasteiger partial charge in [-0.15, -0.1) is 0 Å². The predicted molar refractivity (Wildman–Crippen MR) is 36.6 cm³/mol. The zero-order valence-corrected chi connectivity index (χ0v) is 6.11. The van der Waals surface area contributed by atoms with Crippen LogP contribution < -0.4 is 5.32 Å². The number of alkyl carbamates (subject to hydrolysis) is 1. The van der Waals surface area contributed by atoms with Crippen molar-refractivity contribution >= 4 is 6.09 Å². The van der Waals surface area contributed by atoms with Gasteiger partial charge in [0.25, 0.3) is 0 Å². The van der Waals surface area contributed by atoms with Gasteiger partial charge in [0.15, 0.2) is 11.9 Å². The van der Waals surface area contributed by atoms with Crippen molar-refractivity contribution in [3.8, 4) is 6.07 Å². The van der Waals surface area contributed by atoms with Crippen LogP contribution in [-0.2, 0) is 9.47 Å². The van der Waals surface area contributed by atoms with Crippen molar-refractivity contribution < 1.29 is 14.3 Å². The van der Waals surface area contributed by atoms with Crippen molar-refractivity contribution in [3.05, 3.63) is 11.8 Å². The van der Waals surface area contributed by atoms with E-state index in [1.54, 1.807) is 6.08 Å². The number of allylic oxidation sites excluding steroid dienone is 1. The summed E-state index contributed by atoms with van der Waals surface area (Å²) in [7, 11) is 0. The van der Waals surface area contributed by atoms with Gasteiger partial charge in [-0.3, -0.25) is 5.32 Å². The second-order valence-corrected chi connectivity index (χ2v) is 2.54. The molecule has 0 aromatic carbocycles. The third-order valence-corrected chi connectivity index (χ3v) is 1.76. The summed E-state index contributed by atoms with van der Waals surface area (Å²) in [6, 6.07) is 1.86. The SMILES string of the molecule is N#CC1=CC[C@H]2OC(=O)N[C@H]2O1. The number of carbonyl (C=O) groups excluding carboxylic acids is 1. The number of ether oxygens (including phenoxy) is 2. The predicted octanol–water partition coefficient (Wildman–Crippen LogP) is 0.249. The Labute approximate surface area is 68.6 Å². The van der Waals surface area contributed by atoms with E-state index in [0.717, 1.165) is 0 Å². The molecule has 0 saturated carbocycles. The molecule has 62 valence electrons. The normalized spacial score (nSPS) is 31.9. The maximum Gasteiger partial charge on any atom is 0.410 e. The first kappa shape index (κ1) is 6.98. The van der Waals surface area contributed by atoms with Crippen molar-refractivity contribution in [1.82, 2.24) is 5.32 Å². The highest BCUT2D eigenvalue weighted by atomic mass is 16.6. The minimum Gasteiger partial charge on any atom is -0.457 e. The molecule has 0 aromatic heterocycles. The van der Waals surface area contributed by atoms with Gasteiger partial charge in [0, 0.05) is 6.42 Å². The zero-order chi connectivity index (χ0) is 8.55. The summed E-state index contributed by atoms with van der Waals surface area (Å²) in [6.07, 6.45) is 0.887. The van der Waals surface area contributed by atoms with Gasteiger partial charge in [0.2, 0.25) is 6.23 Å². The smallest absolute Gasteiger partial charge is 0.410 e. The molecule has 1 N–H and O–H groups in total. The first-order chi connectivity index (χ1) is 5.79. The zero-order valence-electron chi connectivity index (χ0n) is 6.11. The van der Waals surface area contributed by atoms with Crippen molar-refractivity contribution in [2.75, 3.05) is 0 Å². The molecule has 5 nitrogen and oxygen atoms in total. The molecule has 1 fully saturated rings. The Morgan fingerprint density at radius 3 is 3.25 bits per heavy atom. The molecule has 0 unspecified atom stereocenters. The Kier molecular flexibility index (Phi) is 1.40. The van der Waals surface area contributed by atoms with Crippen LogP contribution in [0.25, 0.3) is 0 Å². The molecule has 5 heteroatoms. The molecule has 12 heavy (non-hydrogen) atoms. The van der Waals surface area contributed by atoms with Crippen LogP contribution in [0.5, 0.6) is 0 Å². The largest absolute Gasteiger partial charge is 0.457 e. The van der Waals surface area contributed by atoms with Crippen LogP contribution in [-0.4, -0.2) is 18.4 Å². The Balaban J connectivity index is 2.13. The molecule has 0 radical (unpaired) electrons. The van der Waals surface area contributed by atoms with Crippen molar-refractivity contribution in [1.29, 1.82) is 5.26 Å². The molecule has 2 atom stereocenters. The lowest BCUT2D eigenvalue weighted by molar-refractivity contribution is 0.0237. The van der Waals surface area contributed by atoms with Gasteiger partial charge in [0.1, 0.15) is 6.07 Å². The van der Waals surface area contributed by atoms with E-state index in [9.17, 15) is 4.79 Å². The Morgan fingerprint density at radius 1 is 1.67 bits per heavy atom. The fraction of sp³-hybridized carbons (Fsp3) is 0.429. The quantitative estimate of drug-likeness (QED) is 0.559. The van der Waals surface area contributed by atoms with Gasteiger partial charge in [-0.2, -0.15) is 5.26 Å². The molecule has 2 rings (SSSR count). The number of rotatable bonds is 0. The van der Waals surface area contributed by atoms with Gasteiger partial charge in [-0.25, -0.2) is 4.79 Å². The number of nitriles is 1. The number of nitrogens with zero attached hydrogens (tertiary/aromatic N) is 1. The van der Waals surface area contributed by atoms with E-state index in [-0.39, 0.29) is 11.9 Å². The molecule has 1 saturated heterocycles. The molecule has 0 aromatic rings. The van der Waals surface area contributed by atoms with E-state index < -0.39 is 12.3 Å². The van der Waals surface area contributed by atoms with Crippen LogP contribution in [0.2, 0.25) is 0 Å². The number of carbonyl (C=O) groups is 1. The summed E-state index contributed by atoms with van der Waals surface area (Å²) >= 11 is 0. The standard InChI is InChI=1S/C7H6N2O3/c8-3-4-1-2-5-6(11-4)9-7(10)12-5/h1,5-6H,2H2,(H,9,10)/t5-,6+/m1/s1. The maximum absolute atomic E-state index is 10.7. The van der Waals surface area contributed by atoms with Crippen LogP contribution >= 0.6 is 0 Å². The summed E-state index contributed by atoms with van der Waals surface area (Å²) in [5, 5.41) is 10.9. The van der Waals surface area contributed by atoms with Gasteiger partial charge in [-0.1, -0.05) is 0 Å². The minimum atomic E-state index is -0.489. The molecule has 0 aliphatic carbocycles. The number of hydrogen-bond donors (Lipinski definition) is 1. The Bertz CT molecular complexity index is 292. The fourth-order valence-corrected chi connectivity index (χ4v) is 1.20. The van der Waals surface area contributed by atoms with E-state index in [0.29, 0.717) is 6.42 Å². The summed E-state index contributed by atoms with van der Waals surface area (Å²) < 4.78 is 9.90. The third kappa shape index (κ3) is 0.975. The van der Waals surface area contributed by atoms with Crippen molar-refractivity contribution in [2.24, 2.45) is 0 Å². The third-order valence-electron chi connectivity index (χ3n) is 1.76. The highest BCUT2D eigenvalue weighted by Gasteiger charge is 2.37. The van der Waals surface area contributed by atoms with E-state index >= 15 is 0 Å². The molecule has 1 amide bonds. The number of hydrogen-bond acceptors (Lipinski definition) is 4. The highest BCUT2D eigenvalue weighted by Crippen LogP contribution is 2.22. The summed E-state index contributed by atoms with van der Waals surface area (Å²) in [6.45, 7) is 0. The molecular weight excluding hydrogens is 160 g/mol. The van der Waals surface area contributed by atoms with Crippen LogP contribution in [0.1, 0.15) is 6.42 Å². The van der Waals surface area contributed by atoms with Gasteiger partial charge in [0.05, 0.1) is 0 Å². The number of fused-ring (bicyclic) bond motifs is 1. The molecule has 2 aliphatic rings. The summed E-state index contributed by atoms with van der Waals surface area (Å²) in [5.41, 5.74) is 0. The number of amides is 1. The maximum atomic E-state index is 10.7. The van der Waals surface area contributed by atoms with E-state index in [4.69, 9.17) is 14.7 Å². The molecule has 2 heterocycles.